The van der Waals surface area contributed by atoms with E-state index in [0.29, 0.717) is 16.8 Å². The fraction of sp³-hybridized carbons (Fsp3) is 0.819. The van der Waals surface area contributed by atoms with Gasteiger partial charge in [-0.3, -0.25) is 9.48 Å². The van der Waals surface area contributed by atoms with Gasteiger partial charge in [0.05, 0.1) is 17.8 Å². The monoisotopic (exact) mass is 1150 g/mol. The molecule has 0 radical (unpaired) electrons. The van der Waals surface area contributed by atoms with E-state index in [0.717, 1.165) is 67.5 Å². The minimum absolute atomic E-state index is 0.0101. The van der Waals surface area contributed by atoms with Gasteiger partial charge < -0.3 is 15.5 Å². The van der Waals surface area contributed by atoms with Gasteiger partial charge in [-0.1, -0.05) is 307 Å². The zero-order valence-corrected chi connectivity index (χ0v) is 54.0. The van der Waals surface area contributed by atoms with Crippen molar-refractivity contribution in [3.05, 3.63) is 35.1 Å². The first kappa shape index (κ1) is 69.4. The smallest absolute Gasteiger partial charge is 0.236 e. The molecular weight excluding hydrogens is 1030 g/mol. The van der Waals surface area contributed by atoms with E-state index < -0.39 is 0 Å². The van der Waals surface area contributed by atoms with E-state index in [9.17, 15) is 10.1 Å². The number of fused-ring (bicyclic) bond motifs is 1. The Bertz CT molecular complexity index is 2110. The second-order valence-corrected chi connectivity index (χ2v) is 26.8. The number of rotatable bonds is 5. The zero-order chi connectivity index (χ0) is 57.8. The molecule has 3 heterocycles. The van der Waals surface area contributed by atoms with Crippen LogP contribution in [0.1, 0.15) is 346 Å². The highest BCUT2D eigenvalue weighted by atomic mass is 35.5. The molecule has 1 amide bonds. The number of nitrogens with zero attached hydrogens (tertiary/aromatic N) is 6. The summed E-state index contributed by atoms with van der Waals surface area (Å²) >= 11 is 6.93. The summed E-state index contributed by atoms with van der Waals surface area (Å²) in [6.07, 6.45) is 73.2. The summed E-state index contributed by atoms with van der Waals surface area (Å²) in [5.74, 6) is 1.19. The highest BCUT2D eigenvalue weighted by molar-refractivity contribution is 6.32. The Hall–Kier alpha value is -3.38. The molecule has 9 nitrogen and oxygen atoms in total. The molecule has 2 fully saturated rings. The molecule has 1 aliphatic carbocycles. The Kier molecular flexibility index (Phi) is 38.1. The van der Waals surface area contributed by atoms with Gasteiger partial charge in [0.15, 0.2) is 5.82 Å². The van der Waals surface area contributed by atoms with Crippen LogP contribution in [0.25, 0.3) is 10.9 Å². The molecule has 1 unspecified atom stereocenters. The average Bonchev–Trinajstić information content (AvgIpc) is 3.99. The number of nitriles is 1. The Morgan fingerprint density at radius 3 is 1.35 bits per heavy atom. The quantitative estimate of drug-likeness (QED) is 0.262. The van der Waals surface area contributed by atoms with Gasteiger partial charge >= 0.3 is 0 Å². The van der Waals surface area contributed by atoms with E-state index in [1.54, 1.807) is 6.20 Å². The highest BCUT2D eigenvalue weighted by Crippen LogP contribution is 2.42. The largest absolute Gasteiger partial charge is 0.366 e. The normalized spacial score (nSPS) is 21.9. The number of aromatic nitrogens is 4. The van der Waals surface area contributed by atoms with Crippen molar-refractivity contribution >= 4 is 45.9 Å². The fourth-order valence-corrected chi connectivity index (χ4v) is 13.9. The van der Waals surface area contributed by atoms with E-state index in [4.69, 9.17) is 21.7 Å². The molecule has 82 heavy (non-hydrogen) atoms. The molecule has 1 aliphatic heterocycles. The Morgan fingerprint density at radius 2 is 0.951 bits per heavy atom. The number of aryl methyl sites for hydroxylation is 2. The number of hydrogen-bond acceptors (Lipinski definition) is 7. The van der Waals surface area contributed by atoms with Crippen molar-refractivity contribution in [3.8, 4) is 6.07 Å². The molecule has 1 saturated heterocycles. The predicted octanol–water partition coefficient (Wildman–Crippen LogP) is 22.9. The maximum absolute atomic E-state index is 12.9. The van der Waals surface area contributed by atoms with Crippen LogP contribution in [-0.2, 0) is 11.8 Å². The molecule has 464 valence electrons. The molecule has 0 bridgehead atoms. The number of piperidine rings is 1. The fourth-order valence-electron chi connectivity index (χ4n) is 13.7. The van der Waals surface area contributed by atoms with E-state index in [1.165, 1.54) is 302 Å². The minimum atomic E-state index is -0.0209. The number of carbonyl (C=O) groups excluding carboxylic acids is 1. The van der Waals surface area contributed by atoms with Crippen molar-refractivity contribution in [2.75, 3.05) is 23.7 Å². The van der Waals surface area contributed by atoms with Gasteiger partial charge in [0.1, 0.15) is 11.4 Å². The maximum Gasteiger partial charge on any atom is 0.236 e. The zero-order valence-electron chi connectivity index (χ0n) is 53.2. The molecule has 3 aromatic rings. The maximum atomic E-state index is 12.9. The van der Waals surface area contributed by atoms with Crippen molar-refractivity contribution in [2.24, 2.45) is 12.5 Å². The van der Waals surface area contributed by atoms with Gasteiger partial charge in [0.25, 0.3) is 0 Å². The molecule has 1 atom stereocenters. The molecule has 5 rings (SSSR count). The summed E-state index contributed by atoms with van der Waals surface area (Å²) in [5, 5.41) is 23.0. The molecule has 1 aromatic carbocycles. The summed E-state index contributed by atoms with van der Waals surface area (Å²) in [7, 11) is 1.98. The Morgan fingerprint density at radius 1 is 0.561 bits per heavy atom. The third kappa shape index (κ3) is 30.6. The van der Waals surface area contributed by atoms with Crippen molar-refractivity contribution in [2.45, 2.75) is 353 Å². The number of amides is 1. The van der Waals surface area contributed by atoms with Crippen LogP contribution in [0.4, 0.5) is 17.5 Å². The first-order chi connectivity index (χ1) is 40.4. The topological polar surface area (TPSA) is 112 Å². The predicted molar refractivity (Wildman–Crippen MR) is 353 cm³/mol. The first-order valence-electron chi connectivity index (χ1n) is 35.5. The van der Waals surface area contributed by atoms with Crippen LogP contribution in [0.5, 0.6) is 0 Å². The lowest BCUT2D eigenvalue weighted by Gasteiger charge is -2.43. The number of halogens is 1. The number of hydrogen-bond donors (Lipinski definition) is 2. The van der Waals surface area contributed by atoms with Crippen LogP contribution in [-0.4, -0.2) is 49.7 Å². The summed E-state index contributed by atoms with van der Waals surface area (Å²) in [4.78, 5) is 24.5. The van der Waals surface area contributed by atoms with Gasteiger partial charge in [-0.05, 0) is 69.1 Å². The molecule has 2 aromatic heterocycles. The summed E-state index contributed by atoms with van der Waals surface area (Å²) in [5.41, 5.74) is 3.16. The number of carbonyl (C=O) groups is 1. The van der Waals surface area contributed by atoms with Crippen molar-refractivity contribution in [1.82, 2.24) is 24.6 Å². The summed E-state index contributed by atoms with van der Waals surface area (Å²) in [6.45, 7) is 3.61. The second-order valence-electron chi connectivity index (χ2n) is 26.4. The van der Waals surface area contributed by atoms with Gasteiger partial charge in [-0.25, -0.2) is 4.98 Å². The van der Waals surface area contributed by atoms with Crippen LogP contribution < -0.4 is 10.6 Å². The number of benzene rings is 1. The summed E-state index contributed by atoms with van der Waals surface area (Å²) in [6, 6.07) is 8.55. The number of likely N-dealkylation sites (tertiary alicyclic amines) is 1. The van der Waals surface area contributed by atoms with E-state index in [2.05, 4.69) is 46.8 Å². The van der Waals surface area contributed by atoms with Crippen LogP contribution in [0.2, 0.25) is 5.02 Å². The molecular formula is C72H123ClN8O. The lowest BCUT2D eigenvalue weighted by atomic mass is 9.70. The van der Waals surface area contributed by atoms with Crippen molar-refractivity contribution in [3.63, 3.8) is 0 Å². The lowest BCUT2D eigenvalue weighted by Crippen LogP contribution is -2.43. The van der Waals surface area contributed by atoms with Crippen LogP contribution >= 0.6 is 11.6 Å². The molecule has 2 aliphatic rings. The van der Waals surface area contributed by atoms with Crippen LogP contribution in [0, 0.1) is 23.7 Å². The minimum Gasteiger partial charge on any atom is -0.366 e. The summed E-state index contributed by atoms with van der Waals surface area (Å²) < 4.78 is 1.92. The van der Waals surface area contributed by atoms with E-state index in [1.807, 2.05) is 16.6 Å². The van der Waals surface area contributed by atoms with E-state index >= 15 is 0 Å². The Labute approximate surface area is 508 Å². The van der Waals surface area contributed by atoms with Gasteiger partial charge in [0, 0.05) is 42.9 Å². The van der Waals surface area contributed by atoms with Crippen LogP contribution in [0.3, 0.4) is 0 Å². The van der Waals surface area contributed by atoms with Gasteiger partial charge in [-0.15, -0.1) is 0 Å². The third-order valence-corrected chi connectivity index (χ3v) is 19.7. The Balaban J connectivity index is 1.09. The SMILES string of the molecule is Cc1c2ccc(Nc3ncc(Cl)c(NC4CCCCCCCCCCCCCCCCCCCCCCCCCCCCCCCCCCCCCCCCCCCCCCCCC5(CC4)CCN(C(=O)CC#N)CC5)n3)cc2nn1C. The standard InChI is InChI=1S/C72H123ClN8O/c1-63-66-51-50-65(61-68(66)79-80(63)2)77-71-75-62-67(73)70(78-71)76-64-49-47-45-43-41-39-37-35-33-31-29-27-25-23-21-19-17-15-13-11-9-7-5-3-4-6-8-10-12-14-16-18-20-22-24-26-28-30-32-34-36-38-40-42-44-46-48-54-72(55-52-64)56-59-81(60-57-72)69(82)53-58-74/h50-51,61-62,64H,3-49,52-57,59-60H2,1-2H3,(H2,75,76,77,78). The van der Waals surface area contributed by atoms with Gasteiger partial charge in [0.2, 0.25) is 11.9 Å². The van der Waals surface area contributed by atoms with Gasteiger partial charge in [-0.2, -0.15) is 15.3 Å². The molecule has 1 spiro atoms. The van der Waals surface area contributed by atoms with Crippen LogP contribution in [0.15, 0.2) is 24.4 Å². The van der Waals surface area contributed by atoms with Crippen molar-refractivity contribution in [1.29, 1.82) is 5.26 Å². The number of anilines is 3. The molecule has 2 N–H and O–H groups in total. The average molecular weight is 1150 g/mol. The third-order valence-electron chi connectivity index (χ3n) is 19.4. The van der Waals surface area contributed by atoms with E-state index in [-0.39, 0.29) is 23.8 Å². The first-order valence-corrected chi connectivity index (χ1v) is 35.9. The highest BCUT2D eigenvalue weighted by Gasteiger charge is 2.36. The molecule has 1 saturated carbocycles. The lowest BCUT2D eigenvalue weighted by molar-refractivity contribution is -0.132. The second kappa shape index (κ2) is 45.0. The van der Waals surface area contributed by atoms with Crippen molar-refractivity contribution < 1.29 is 4.79 Å². The number of nitrogens with one attached hydrogen (secondary N) is 2. The molecule has 10 heteroatoms.